The van der Waals surface area contributed by atoms with Crippen molar-refractivity contribution >= 4 is 64.0 Å². The number of halogens is 3. The van der Waals surface area contributed by atoms with Crippen LogP contribution in [0.2, 0.25) is 10.0 Å². The van der Waals surface area contributed by atoms with Gasteiger partial charge in [0.15, 0.2) is 5.78 Å². The number of rotatable bonds is 9. The normalized spacial score (nSPS) is 23.2. The highest BCUT2D eigenvalue weighted by atomic mass is 35.5. The average Bonchev–Trinajstić information content (AvgIpc) is 3.86. The van der Waals surface area contributed by atoms with Gasteiger partial charge in [0.2, 0.25) is 17.7 Å². The summed E-state index contributed by atoms with van der Waals surface area (Å²) in [5.74, 6) is 3.49. The standard InChI is InChI=1S/C50H46Cl2FN5O5/c1-29-14-23-40(45(60)54-29)58-28-32-16-15-30(26-36(32)47(58)62)10-5-2-3-6-13-41(59)31-17-20-34(21-18-31)55-46(61)44-42(35-11-9-12-38(52)43(35)53)50(49(57-44)24-7-4-8-25-49)37-22-19-33(51)27-39(37)56-48(50)63/h9,11-12,15-22,26-27,40,42,44,57H,1-4,6-8,13-14,23-25,28H2,(H,54,60)(H,55,61)(H,56,63)/t40?,42-,44?,50+/m0/s1. The van der Waals surface area contributed by atoms with Crippen LogP contribution in [0.4, 0.5) is 15.8 Å². The Morgan fingerprint density at radius 1 is 0.937 bits per heavy atom. The molecule has 5 aliphatic rings. The Morgan fingerprint density at radius 2 is 1.73 bits per heavy atom. The monoisotopic (exact) mass is 885 g/mol. The van der Waals surface area contributed by atoms with Gasteiger partial charge in [0.05, 0.1) is 11.1 Å². The minimum Gasteiger partial charge on any atom is -0.329 e. The van der Waals surface area contributed by atoms with Crippen molar-refractivity contribution in [2.75, 3.05) is 10.6 Å². The van der Waals surface area contributed by atoms with Crippen LogP contribution in [-0.2, 0) is 26.3 Å². The van der Waals surface area contributed by atoms with E-state index in [9.17, 15) is 24.0 Å². The first kappa shape index (κ1) is 42.5. The van der Waals surface area contributed by atoms with Crippen LogP contribution in [0, 0.1) is 17.7 Å². The smallest absolute Gasteiger partial charge is 0.255 e. The van der Waals surface area contributed by atoms with Crippen LogP contribution in [0.25, 0.3) is 0 Å². The Balaban J connectivity index is 0.846. The summed E-state index contributed by atoms with van der Waals surface area (Å²) in [6.07, 6.45) is 7.24. The number of unbranched alkanes of at least 4 members (excludes halogenated alkanes) is 2. The molecule has 2 spiro atoms. The fraction of sp³-hybridized carbons (Fsp3) is 0.340. The van der Waals surface area contributed by atoms with Gasteiger partial charge in [-0.15, -0.1) is 0 Å². The molecule has 10 nitrogen and oxygen atoms in total. The van der Waals surface area contributed by atoms with Crippen molar-refractivity contribution < 1.29 is 28.4 Å². The number of anilines is 2. The summed E-state index contributed by atoms with van der Waals surface area (Å²) in [4.78, 5) is 69.7. The zero-order chi connectivity index (χ0) is 44.0. The van der Waals surface area contributed by atoms with Gasteiger partial charge in [0, 0.05) is 69.6 Å². The maximum atomic E-state index is 16.2. The third-order valence-electron chi connectivity index (χ3n) is 13.6. The topological polar surface area (TPSA) is 137 Å². The van der Waals surface area contributed by atoms with Gasteiger partial charge in [-0.3, -0.25) is 29.3 Å². The van der Waals surface area contributed by atoms with Gasteiger partial charge in [-0.2, -0.15) is 0 Å². The Bertz CT molecular complexity index is 2650. The highest BCUT2D eigenvalue weighted by Gasteiger charge is 2.72. The zero-order valence-corrected chi connectivity index (χ0v) is 36.1. The summed E-state index contributed by atoms with van der Waals surface area (Å²) in [7, 11) is 0. The van der Waals surface area contributed by atoms with Crippen LogP contribution in [0.15, 0.2) is 91.1 Å². The number of hydrogen-bond acceptors (Lipinski definition) is 6. The lowest BCUT2D eigenvalue weighted by atomic mass is 9.55. The molecule has 4 amide bonds. The number of benzene rings is 4. The quantitative estimate of drug-likeness (QED) is 0.0753. The van der Waals surface area contributed by atoms with E-state index in [1.165, 1.54) is 6.07 Å². The molecule has 0 radical (unpaired) electrons. The van der Waals surface area contributed by atoms with Crippen LogP contribution in [0.5, 0.6) is 0 Å². The number of carbonyl (C=O) groups is 5. The van der Waals surface area contributed by atoms with E-state index >= 15 is 4.39 Å². The molecule has 0 bridgehead atoms. The number of piperidine rings is 1. The average molecular weight is 887 g/mol. The molecule has 4 aromatic rings. The van der Waals surface area contributed by atoms with E-state index in [0.717, 1.165) is 30.4 Å². The molecule has 13 heteroatoms. The molecular formula is C50H46Cl2FN5O5. The second-order valence-corrected chi connectivity index (χ2v) is 18.1. The van der Waals surface area contributed by atoms with E-state index in [1.807, 2.05) is 18.2 Å². The van der Waals surface area contributed by atoms with E-state index < -0.39 is 40.7 Å². The number of Topliss-reactive ketones (excluding diaryl/α,β-unsaturated/α-hetero) is 1. The molecule has 322 valence electrons. The fourth-order valence-electron chi connectivity index (χ4n) is 10.7. The van der Waals surface area contributed by atoms with Gasteiger partial charge in [0.1, 0.15) is 17.3 Å². The zero-order valence-electron chi connectivity index (χ0n) is 34.6. The second-order valence-electron chi connectivity index (χ2n) is 17.3. The summed E-state index contributed by atoms with van der Waals surface area (Å²) in [5.41, 5.74) is 2.97. The SMILES string of the molecule is C=C1CCC(N2Cc3ccc(C#CCCCCC(=O)c4ccc(NC(=O)C5NC6(CCCCC6)[C@@]6(C(=O)Nc7cc(Cl)ccc76)[C@H]5c5cccc(Cl)c5F)cc4)cc3C2=O)C(=O)N1. The third-order valence-corrected chi connectivity index (χ3v) is 14.1. The van der Waals surface area contributed by atoms with Crippen molar-refractivity contribution in [3.63, 3.8) is 0 Å². The van der Waals surface area contributed by atoms with E-state index in [4.69, 9.17) is 23.2 Å². The molecule has 1 aliphatic carbocycles. The Morgan fingerprint density at radius 3 is 2.51 bits per heavy atom. The van der Waals surface area contributed by atoms with Crippen molar-refractivity contribution in [2.24, 2.45) is 0 Å². The molecule has 9 rings (SSSR count). The minimum absolute atomic E-state index is 0.0420. The molecule has 2 saturated heterocycles. The van der Waals surface area contributed by atoms with Gasteiger partial charge in [-0.05, 0) is 110 Å². The third kappa shape index (κ3) is 7.52. The van der Waals surface area contributed by atoms with Crippen LogP contribution >= 0.6 is 23.2 Å². The number of nitrogens with one attached hydrogen (secondary N) is 4. The molecule has 4 N–H and O–H groups in total. The van der Waals surface area contributed by atoms with Crippen LogP contribution in [-0.4, -0.2) is 51.9 Å². The predicted octanol–water partition coefficient (Wildman–Crippen LogP) is 8.96. The predicted molar refractivity (Wildman–Crippen MR) is 240 cm³/mol. The molecule has 0 aromatic heterocycles. The number of fused-ring (bicyclic) bond motifs is 4. The first-order chi connectivity index (χ1) is 30.4. The van der Waals surface area contributed by atoms with Gasteiger partial charge in [-0.1, -0.05) is 85.1 Å². The number of ketones is 1. The number of carbonyl (C=O) groups excluding carboxylic acids is 5. The van der Waals surface area contributed by atoms with Crippen LogP contribution in [0.3, 0.4) is 0 Å². The van der Waals surface area contributed by atoms with E-state index in [2.05, 4.69) is 39.7 Å². The lowest BCUT2D eigenvalue weighted by Crippen LogP contribution is -2.60. The molecule has 4 heterocycles. The van der Waals surface area contributed by atoms with Crippen molar-refractivity contribution in [1.29, 1.82) is 0 Å². The summed E-state index contributed by atoms with van der Waals surface area (Å²) in [5, 5.41) is 12.8. The minimum atomic E-state index is -1.35. The van der Waals surface area contributed by atoms with Crippen molar-refractivity contribution in [3.8, 4) is 11.8 Å². The first-order valence-electron chi connectivity index (χ1n) is 21.6. The highest BCUT2D eigenvalue weighted by molar-refractivity contribution is 6.31. The summed E-state index contributed by atoms with van der Waals surface area (Å²) < 4.78 is 16.2. The number of allylic oxidation sites excluding steroid dienone is 1. The molecule has 4 aromatic carbocycles. The van der Waals surface area contributed by atoms with Crippen LogP contribution < -0.4 is 21.3 Å². The fourth-order valence-corrected chi connectivity index (χ4v) is 11.1. The molecule has 2 unspecified atom stereocenters. The van der Waals surface area contributed by atoms with E-state index in [1.54, 1.807) is 59.5 Å². The maximum Gasteiger partial charge on any atom is 0.255 e. The molecule has 4 atom stereocenters. The lowest BCUT2D eigenvalue weighted by molar-refractivity contribution is -0.126. The van der Waals surface area contributed by atoms with Crippen molar-refractivity contribution in [2.45, 2.75) is 106 Å². The summed E-state index contributed by atoms with van der Waals surface area (Å²) in [6.45, 7) is 4.21. The number of hydrogen-bond donors (Lipinski definition) is 4. The van der Waals surface area contributed by atoms with Gasteiger partial charge in [-0.25, -0.2) is 4.39 Å². The van der Waals surface area contributed by atoms with Crippen molar-refractivity contribution in [1.82, 2.24) is 15.5 Å². The molecule has 1 saturated carbocycles. The Labute approximate surface area is 375 Å². The van der Waals surface area contributed by atoms with Gasteiger partial charge >= 0.3 is 0 Å². The van der Waals surface area contributed by atoms with Gasteiger partial charge < -0.3 is 20.9 Å². The molecule has 3 fully saturated rings. The van der Waals surface area contributed by atoms with Crippen LogP contribution in [0.1, 0.15) is 120 Å². The number of amides is 4. The second kappa shape index (κ2) is 17.1. The Hall–Kier alpha value is -5.80. The number of nitrogens with zero attached hydrogens (tertiary/aromatic N) is 1. The van der Waals surface area contributed by atoms with E-state index in [-0.39, 0.29) is 34.1 Å². The first-order valence-corrected chi connectivity index (χ1v) is 22.3. The Kier molecular flexibility index (Phi) is 11.5. The van der Waals surface area contributed by atoms with E-state index in [0.29, 0.717) is 96.7 Å². The lowest BCUT2D eigenvalue weighted by Gasteiger charge is -2.47. The summed E-state index contributed by atoms with van der Waals surface area (Å²) in [6, 6.07) is 20.7. The molecule has 4 aliphatic heterocycles. The summed E-state index contributed by atoms with van der Waals surface area (Å²) >= 11 is 12.8. The largest absolute Gasteiger partial charge is 0.329 e. The van der Waals surface area contributed by atoms with Gasteiger partial charge in [0.25, 0.3) is 5.91 Å². The van der Waals surface area contributed by atoms with Crippen molar-refractivity contribution in [3.05, 3.63) is 140 Å². The maximum absolute atomic E-state index is 16.2. The highest BCUT2D eigenvalue weighted by Crippen LogP contribution is 2.63. The molecule has 63 heavy (non-hydrogen) atoms. The molecular weight excluding hydrogens is 840 g/mol.